The number of hydrogen-bond donors (Lipinski definition) is 2. The second-order valence-corrected chi connectivity index (χ2v) is 11.3. The van der Waals surface area contributed by atoms with E-state index in [1.165, 1.54) is 11.0 Å². The SMILES string of the molecule is Cc1ccc(C(C)n2nc(-c3cc(Cl)cc(Cl)c3)cc2C2C=C/C=C(/OC(F)(F)F)C/C=C\2)s1.O=CNCCC(=O)O. The lowest BCUT2D eigenvalue weighted by Crippen LogP contribution is -2.15. The molecule has 42 heavy (non-hydrogen) atoms. The maximum Gasteiger partial charge on any atom is 0.572 e. The van der Waals surface area contributed by atoms with Crippen LogP contribution in [0.4, 0.5) is 13.2 Å². The lowest BCUT2D eigenvalue weighted by atomic mass is 10.00. The van der Waals surface area contributed by atoms with Gasteiger partial charge in [-0.25, -0.2) is 0 Å². The molecule has 2 aromatic heterocycles. The molecule has 0 aliphatic heterocycles. The number of ether oxygens (including phenoxy) is 1. The van der Waals surface area contributed by atoms with Crippen LogP contribution in [0.5, 0.6) is 0 Å². The number of carbonyl (C=O) groups is 2. The Bertz CT molecular complexity index is 1460. The van der Waals surface area contributed by atoms with Crippen molar-refractivity contribution in [2.75, 3.05) is 6.54 Å². The van der Waals surface area contributed by atoms with Gasteiger partial charge in [0.25, 0.3) is 0 Å². The Balaban J connectivity index is 0.000000531. The minimum atomic E-state index is -4.72. The first kappa shape index (κ1) is 33.0. The first-order valence-corrected chi connectivity index (χ1v) is 14.2. The van der Waals surface area contributed by atoms with Gasteiger partial charge in [0.05, 0.1) is 23.9 Å². The second kappa shape index (κ2) is 15.1. The average molecular weight is 643 g/mol. The van der Waals surface area contributed by atoms with E-state index in [1.54, 1.807) is 41.7 Å². The summed E-state index contributed by atoms with van der Waals surface area (Å²) in [6.45, 7) is 4.33. The van der Waals surface area contributed by atoms with E-state index in [1.807, 2.05) is 22.9 Å². The Morgan fingerprint density at radius 3 is 2.55 bits per heavy atom. The predicted octanol–water partition coefficient (Wildman–Crippen LogP) is 8.06. The van der Waals surface area contributed by atoms with E-state index >= 15 is 0 Å². The van der Waals surface area contributed by atoms with Crippen LogP contribution in [-0.2, 0) is 14.3 Å². The number of nitrogens with zero attached hydrogens (tertiary/aromatic N) is 2. The van der Waals surface area contributed by atoms with Crippen molar-refractivity contribution in [1.82, 2.24) is 15.1 Å². The van der Waals surface area contributed by atoms with Gasteiger partial charge in [0.2, 0.25) is 6.41 Å². The van der Waals surface area contributed by atoms with Crippen molar-refractivity contribution in [3.05, 3.63) is 98.0 Å². The molecule has 0 radical (unpaired) electrons. The number of aromatic nitrogens is 2. The Hall–Kier alpha value is -3.54. The van der Waals surface area contributed by atoms with Crippen LogP contribution in [0, 0.1) is 6.92 Å². The molecule has 1 aliphatic carbocycles. The number of thiophene rings is 1. The minimum absolute atomic E-state index is 0.0151. The van der Waals surface area contributed by atoms with E-state index in [0.29, 0.717) is 22.1 Å². The summed E-state index contributed by atoms with van der Waals surface area (Å²) < 4.78 is 43.8. The molecule has 0 bridgehead atoms. The number of carboxylic acid groups (broad SMARTS) is 1. The molecule has 2 unspecified atom stereocenters. The van der Waals surface area contributed by atoms with Crippen LogP contribution in [-0.4, -0.2) is 40.2 Å². The van der Waals surface area contributed by atoms with Gasteiger partial charge in [-0.15, -0.1) is 24.5 Å². The standard InChI is InChI=1S/C25H21Cl2F3N2OS.C4H7NO3/c1-15-9-10-24(34-15)16(2)32-23(14-22(31-32)18-11-19(26)13-20(27)12-18)17-5-3-7-21(8-4-6-17)33-25(28,29)30;6-3-5-2-1-4(7)8/h3-7,9-14,16-17H,8H2,1-2H3;3H,1-2H2,(H,5,6)(H,7,8)/b5-3?,6-4-,21-7+;. The largest absolute Gasteiger partial charge is 0.572 e. The Morgan fingerprint density at radius 1 is 1.24 bits per heavy atom. The molecular formula is C29H28Cl2F3N3O4S. The van der Waals surface area contributed by atoms with Crippen LogP contribution in [0.2, 0.25) is 10.0 Å². The molecule has 0 fully saturated rings. The van der Waals surface area contributed by atoms with Crippen LogP contribution in [0.15, 0.2) is 72.5 Å². The number of aliphatic carboxylic acids is 1. The van der Waals surface area contributed by atoms with Gasteiger partial charge in [0.15, 0.2) is 0 Å². The number of alkyl halides is 3. The highest BCUT2D eigenvalue weighted by molar-refractivity contribution is 7.12. The molecule has 3 aromatic rings. The number of carbonyl (C=O) groups excluding carboxylic acids is 1. The highest BCUT2D eigenvalue weighted by Crippen LogP contribution is 2.35. The third kappa shape index (κ3) is 10.1. The van der Waals surface area contributed by atoms with Crippen LogP contribution < -0.4 is 5.32 Å². The van der Waals surface area contributed by atoms with Gasteiger partial charge in [-0.2, -0.15) is 5.10 Å². The van der Waals surface area contributed by atoms with Gasteiger partial charge in [-0.3, -0.25) is 14.3 Å². The summed E-state index contributed by atoms with van der Waals surface area (Å²) in [7, 11) is 0. The van der Waals surface area contributed by atoms with Crippen molar-refractivity contribution < 1.29 is 32.6 Å². The number of hydrogen-bond acceptors (Lipinski definition) is 5. The fourth-order valence-electron chi connectivity index (χ4n) is 4.01. The van der Waals surface area contributed by atoms with Crippen LogP contribution in [0.3, 0.4) is 0 Å². The summed E-state index contributed by atoms with van der Waals surface area (Å²) in [4.78, 5) is 21.6. The number of aryl methyl sites for hydroxylation is 1. The highest BCUT2D eigenvalue weighted by Gasteiger charge is 2.31. The zero-order valence-electron chi connectivity index (χ0n) is 22.6. The van der Waals surface area contributed by atoms with Gasteiger partial charge < -0.3 is 15.2 Å². The Kier molecular flexibility index (Phi) is 11.8. The van der Waals surface area contributed by atoms with Crippen molar-refractivity contribution in [1.29, 1.82) is 0 Å². The normalized spacial score (nSPS) is 17.5. The van der Waals surface area contributed by atoms with Crippen LogP contribution in [0.25, 0.3) is 11.3 Å². The maximum atomic E-state index is 12.6. The molecule has 2 N–H and O–H groups in total. The molecule has 1 aromatic carbocycles. The lowest BCUT2D eigenvalue weighted by molar-refractivity contribution is -0.306. The number of amides is 1. The van der Waals surface area contributed by atoms with Crippen molar-refractivity contribution in [3.63, 3.8) is 0 Å². The molecule has 4 rings (SSSR count). The summed E-state index contributed by atoms with van der Waals surface area (Å²) in [5.41, 5.74) is 2.39. The van der Waals surface area contributed by atoms with Crippen molar-refractivity contribution in [2.24, 2.45) is 0 Å². The van der Waals surface area contributed by atoms with Gasteiger partial charge >= 0.3 is 12.3 Å². The summed E-state index contributed by atoms with van der Waals surface area (Å²) in [5, 5.41) is 16.1. The number of carboxylic acids is 1. The first-order valence-electron chi connectivity index (χ1n) is 12.7. The molecular weight excluding hydrogens is 614 g/mol. The zero-order chi connectivity index (χ0) is 30.9. The molecule has 7 nitrogen and oxygen atoms in total. The molecule has 2 atom stereocenters. The van der Waals surface area contributed by atoms with E-state index in [2.05, 4.69) is 36.0 Å². The summed E-state index contributed by atoms with van der Waals surface area (Å²) in [5.74, 6) is -1.27. The third-order valence-corrected chi connectivity index (χ3v) is 7.49. The van der Waals surface area contributed by atoms with E-state index < -0.39 is 12.3 Å². The van der Waals surface area contributed by atoms with Crippen molar-refractivity contribution in [3.8, 4) is 11.3 Å². The van der Waals surface area contributed by atoms with Gasteiger partial charge in [-0.05, 0) is 56.3 Å². The summed E-state index contributed by atoms with van der Waals surface area (Å²) in [6, 6.07) is 11.3. The predicted molar refractivity (Wildman–Crippen MR) is 158 cm³/mol. The molecule has 0 saturated heterocycles. The average Bonchev–Trinajstić information content (AvgIpc) is 3.51. The number of nitrogens with one attached hydrogen (secondary N) is 1. The Labute approximate surface area is 254 Å². The van der Waals surface area contributed by atoms with Crippen molar-refractivity contribution in [2.45, 2.75) is 45.0 Å². The first-order chi connectivity index (χ1) is 19.9. The number of rotatable bonds is 9. The quantitative estimate of drug-likeness (QED) is 0.140. The van der Waals surface area contributed by atoms with Crippen LogP contribution >= 0.6 is 34.5 Å². The minimum Gasteiger partial charge on any atom is -0.481 e. The fourth-order valence-corrected chi connectivity index (χ4v) is 5.45. The van der Waals surface area contributed by atoms with E-state index in [0.717, 1.165) is 16.1 Å². The molecule has 13 heteroatoms. The molecule has 0 saturated carbocycles. The highest BCUT2D eigenvalue weighted by atomic mass is 35.5. The maximum absolute atomic E-state index is 12.6. The van der Waals surface area contributed by atoms with Gasteiger partial charge in [0, 0.05) is 44.2 Å². The van der Waals surface area contributed by atoms with E-state index in [-0.39, 0.29) is 37.1 Å². The van der Waals surface area contributed by atoms with Gasteiger partial charge in [-0.1, -0.05) is 47.5 Å². The third-order valence-electron chi connectivity index (χ3n) is 5.88. The number of allylic oxidation sites excluding steroid dienone is 5. The topological polar surface area (TPSA) is 93.5 Å². The molecule has 1 amide bonds. The fraction of sp³-hybridized carbons (Fsp3) is 0.276. The second-order valence-electron chi connectivity index (χ2n) is 9.12. The Morgan fingerprint density at radius 2 is 1.95 bits per heavy atom. The van der Waals surface area contributed by atoms with Crippen molar-refractivity contribution >= 4 is 46.9 Å². The van der Waals surface area contributed by atoms with E-state index in [9.17, 15) is 22.8 Å². The lowest BCUT2D eigenvalue weighted by Gasteiger charge is -2.18. The van der Waals surface area contributed by atoms with Crippen LogP contribution in [0.1, 0.15) is 47.2 Å². The number of halogens is 5. The molecule has 2 heterocycles. The number of benzene rings is 1. The molecule has 0 spiro atoms. The summed E-state index contributed by atoms with van der Waals surface area (Å²) >= 11 is 14.1. The summed E-state index contributed by atoms with van der Waals surface area (Å²) in [6.07, 6.45) is 4.07. The monoisotopic (exact) mass is 641 g/mol. The molecule has 1 aliphatic rings. The molecule has 224 valence electrons. The zero-order valence-corrected chi connectivity index (χ0v) is 24.9. The van der Waals surface area contributed by atoms with E-state index in [4.69, 9.17) is 33.4 Å². The van der Waals surface area contributed by atoms with Gasteiger partial charge in [0.1, 0.15) is 5.76 Å². The smallest absolute Gasteiger partial charge is 0.481 e.